The largest absolute Gasteiger partial charge is 0.369 e. The highest BCUT2D eigenvalue weighted by molar-refractivity contribution is 5.78. The molecular weight excluding hydrogens is 329 g/mol. The summed E-state index contributed by atoms with van der Waals surface area (Å²) in [5.41, 5.74) is 2.27. The van der Waals surface area contributed by atoms with Crippen LogP contribution in [0, 0.1) is 5.82 Å². The zero-order valence-electron chi connectivity index (χ0n) is 15.2. The van der Waals surface area contributed by atoms with Crippen molar-refractivity contribution in [2.75, 3.05) is 44.2 Å². The average Bonchev–Trinajstić information content (AvgIpc) is 2.68. The summed E-state index contributed by atoms with van der Waals surface area (Å²) in [6, 6.07) is 16.8. The Bertz CT molecular complexity index is 697. The fourth-order valence-corrected chi connectivity index (χ4v) is 3.24. The zero-order valence-corrected chi connectivity index (χ0v) is 15.2. The smallest absolute Gasteiger partial charge is 0.234 e. The molecule has 1 fully saturated rings. The Hall–Kier alpha value is -2.40. The second kappa shape index (κ2) is 8.81. The van der Waals surface area contributed by atoms with Gasteiger partial charge in [-0.25, -0.2) is 4.39 Å². The van der Waals surface area contributed by atoms with Crippen molar-refractivity contribution in [3.05, 3.63) is 66.0 Å². The van der Waals surface area contributed by atoms with Crippen LogP contribution in [-0.2, 0) is 4.79 Å². The van der Waals surface area contributed by atoms with Crippen LogP contribution in [0.2, 0.25) is 0 Å². The number of rotatable bonds is 6. The first-order chi connectivity index (χ1) is 12.6. The molecule has 0 radical (unpaired) electrons. The lowest BCUT2D eigenvalue weighted by atomic mass is 10.0. The van der Waals surface area contributed by atoms with Gasteiger partial charge in [0, 0.05) is 38.4 Å². The minimum absolute atomic E-state index is 0.0722. The van der Waals surface area contributed by atoms with E-state index >= 15 is 0 Å². The van der Waals surface area contributed by atoms with Crippen molar-refractivity contribution in [2.45, 2.75) is 12.8 Å². The van der Waals surface area contributed by atoms with Gasteiger partial charge < -0.3 is 10.2 Å². The van der Waals surface area contributed by atoms with Gasteiger partial charge in [0.15, 0.2) is 0 Å². The van der Waals surface area contributed by atoms with Gasteiger partial charge in [0.1, 0.15) is 5.82 Å². The quantitative estimate of drug-likeness (QED) is 0.865. The summed E-state index contributed by atoms with van der Waals surface area (Å²) < 4.78 is 13.0. The maximum absolute atomic E-state index is 13.0. The molecule has 138 valence electrons. The first-order valence-electron chi connectivity index (χ1n) is 9.16. The zero-order chi connectivity index (χ0) is 18.4. The fraction of sp³-hybridized carbons (Fsp3) is 0.381. The van der Waals surface area contributed by atoms with Gasteiger partial charge in [0.05, 0.1) is 6.54 Å². The van der Waals surface area contributed by atoms with Crippen LogP contribution in [0.5, 0.6) is 0 Å². The highest BCUT2D eigenvalue weighted by Crippen LogP contribution is 2.17. The molecule has 2 aromatic rings. The third kappa shape index (κ3) is 5.05. The normalized spacial score (nSPS) is 16.3. The Morgan fingerprint density at radius 3 is 2.35 bits per heavy atom. The number of anilines is 1. The third-order valence-electron chi connectivity index (χ3n) is 4.91. The monoisotopic (exact) mass is 355 g/mol. The Balaban J connectivity index is 1.40. The molecular formula is C21H26FN3O. The topological polar surface area (TPSA) is 35.6 Å². The number of carbonyl (C=O) groups is 1. The van der Waals surface area contributed by atoms with E-state index in [9.17, 15) is 9.18 Å². The number of nitrogens with zero attached hydrogens (tertiary/aromatic N) is 2. The van der Waals surface area contributed by atoms with Gasteiger partial charge in [-0.3, -0.25) is 9.69 Å². The van der Waals surface area contributed by atoms with Gasteiger partial charge in [0.2, 0.25) is 5.91 Å². The van der Waals surface area contributed by atoms with Gasteiger partial charge in [-0.05, 0) is 35.7 Å². The lowest BCUT2D eigenvalue weighted by Crippen LogP contribution is -2.49. The molecule has 2 aromatic carbocycles. The van der Waals surface area contributed by atoms with Gasteiger partial charge in [-0.1, -0.05) is 37.3 Å². The highest BCUT2D eigenvalue weighted by Gasteiger charge is 2.19. The second-order valence-electron chi connectivity index (χ2n) is 6.86. The molecule has 0 aliphatic carbocycles. The Kier molecular flexibility index (Phi) is 6.23. The number of nitrogens with one attached hydrogen (secondary N) is 1. The van der Waals surface area contributed by atoms with E-state index in [2.05, 4.69) is 34.2 Å². The molecule has 1 amide bonds. The van der Waals surface area contributed by atoms with Crippen molar-refractivity contribution in [1.82, 2.24) is 10.2 Å². The lowest BCUT2D eigenvalue weighted by molar-refractivity contribution is -0.122. The molecule has 1 saturated heterocycles. The average molecular weight is 355 g/mol. The number of benzene rings is 2. The third-order valence-corrected chi connectivity index (χ3v) is 4.91. The standard InChI is InChI=1S/C21H26FN3O/c1-17(18-5-3-2-4-6-18)15-23-21(26)16-24-11-13-25(14-12-24)20-9-7-19(22)8-10-20/h2-10,17H,11-16H2,1H3,(H,23,26)/t17-/m1/s1. The minimum Gasteiger partial charge on any atom is -0.369 e. The van der Waals surface area contributed by atoms with E-state index in [1.54, 1.807) is 0 Å². The second-order valence-corrected chi connectivity index (χ2v) is 6.86. The molecule has 5 heteroatoms. The van der Waals surface area contributed by atoms with Crippen molar-refractivity contribution < 1.29 is 9.18 Å². The van der Waals surface area contributed by atoms with E-state index in [1.807, 2.05) is 30.3 Å². The maximum Gasteiger partial charge on any atom is 0.234 e. The first kappa shape index (κ1) is 18.4. The summed E-state index contributed by atoms with van der Waals surface area (Å²) in [5, 5.41) is 3.04. The molecule has 0 aromatic heterocycles. The van der Waals surface area contributed by atoms with Crippen LogP contribution < -0.4 is 10.2 Å². The number of hydrogen-bond donors (Lipinski definition) is 1. The summed E-state index contributed by atoms with van der Waals surface area (Å²) >= 11 is 0. The number of piperazine rings is 1. The Morgan fingerprint density at radius 1 is 1.04 bits per heavy atom. The van der Waals surface area contributed by atoms with E-state index in [0.29, 0.717) is 19.0 Å². The van der Waals surface area contributed by atoms with Gasteiger partial charge in [-0.15, -0.1) is 0 Å². The summed E-state index contributed by atoms with van der Waals surface area (Å²) in [7, 11) is 0. The predicted molar refractivity (Wildman–Crippen MR) is 103 cm³/mol. The molecule has 0 spiro atoms. The van der Waals surface area contributed by atoms with Gasteiger partial charge >= 0.3 is 0 Å². The summed E-state index contributed by atoms with van der Waals surface area (Å²) in [6.07, 6.45) is 0. The van der Waals surface area contributed by atoms with Crippen LogP contribution in [0.25, 0.3) is 0 Å². The van der Waals surface area contributed by atoms with Crippen molar-refractivity contribution in [3.63, 3.8) is 0 Å². The summed E-state index contributed by atoms with van der Waals surface area (Å²) in [5.74, 6) is 0.160. The van der Waals surface area contributed by atoms with Crippen LogP contribution in [-0.4, -0.2) is 50.1 Å². The van der Waals surface area contributed by atoms with Gasteiger partial charge in [-0.2, -0.15) is 0 Å². The van der Waals surface area contributed by atoms with E-state index in [4.69, 9.17) is 0 Å². The molecule has 26 heavy (non-hydrogen) atoms. The number of carbonyl (C=O) groups excluding carboxylic acids is 1. The van der Waals surface area contributed by atoms with E-state index in [-0.39, 0.29) is 11.7 Å². The molecule has 1 heterocycles. The molecule has 3 rings (SSSR count). The van der Waals surface area contributed by atoms with E-state index in [1.165, 1.54) is 17.7 Å². The van der Waals surface area contributed by atoms with Crippen LogP contribution in [0.4, 0.5) is 10.1 Å². The molecule has 0 unspecified atom stereocenters. The summed E-state index contributed by atoms with van der Waals surface area (Å²) in [6.45, 7) is 6.56. The predicted octanol–water partition coefficient (Wildman–Crippen LogP) is 2.87. The number of halogens is 1. The number of hydrogen-bond acceptors (Lipinski definition) is 3. The molecule has 1 N–H and O–H groups in total. The van der Waals surface area contributed by atoms with Crippen LogP contribution in [0.1, 0.15) is 18.4 Å². The van der Waals surface area contributed by atoms with Crippen molar-refractivity contribution in [1.29, 1.82) is 0 Å². The highest BCUT2D eigenvalue weighted by atomic mass is 19.1. The van der Waals surface area contributed by atoms with Crippen molar-refractivity contribution in [3.8, 4) is 0 Å². The lowest BCUT2D eigenvalue weighted by Gasteiger charge is -2.35. The van der Waals surface area contributed by atoms with Crippen LogP contribution >= 0.6 is 0 Å². The van der Waals surface area contributed by atoms with Gasteiger partial charge in [0.25, 0.3) is 0 Å². The van der Waals surface area contributed by atoms with Crippen molar-refractivity contribution in [2.24, 2.45) is 0 Å². The minimum atomic E-state index is -0.214. The SMILES string of the molecule is C[C@H](CNC(=O)CN1CCN(c2ccc(F)cc2)CC1)c1ccccc1. The Morgan fingerprint density at radius 2 is 1.69 bits per heavy atom. The van der Waals surface area contributed by atoms with E-state index in [0.717, 1.165) is 31.9 Å². The molecule has 1 atom stereocenters. The van der Waals surface area contributed by atoms with Crippen LogP contribution in [0.15, 0.2) is 54.6 Å². The van der Waals surface area contributed by atoms with Crippen molar-refractivity contribution >= 4 is 11.6 Å². The fourth-order valence-electron chi connectivity index (χ4n) is 3.24. The molecule has 4 nitrogen and oxygen atoms in total. The summed E-state index contributed by atoms with van der Waals surface area (Å²) in [4.78, 5) is 16.6. The van der Waals surface area contributed by atoms with Crippen LogP contribution in [0.3, 0.4) is 0 Å². The molecule has 0 saturated carbocycles. The number of amides is 1. The first-order valence-corrected chi connectivity index (χ1v) is 9.16. The maximum atomic E-state index is 13.0. The molecule has 1 aliphatic rings. The molecule has 1 aliphatic heterocycles. The Labute approximate surface area is 154 Å². The van der Waals surface area contributed by atoms with E-state index < -0.39 is 0 Å². The molecule has 0 bridgehead atoms.